The number of ether oxygens (including phenoxy) is 6. The maximum atomic E-state index is 13.2. The molecular weight excluding hydrogens is 901 g/mol. The van der Waals surface area contributed by atoms with Crippen LogP contribution in [0.15, 0.2) is 49.1 Å². The Kier molecular flexibility index (Phi) is 15.1. The van der Waals surface area contributed by atoms with Crippen molar-refractivity contribution in [2.45, 2.75) is 47.7 Å². The monoisotopic (exact) mass is 950 g/mol. The first-order chi connectivity index (χ1) is 32.0. The second-order valence-corrected chi connectivity index (χ2v) is 19.3. The van der Waals surface area contributed by atoms with Crippen LogP contribution in [-0.2, 0) is 31.2 Å². The van der Waals surface area contributed by atoms with Crippen LogP contribution in [0.1, 0.15) is 37.3 Å². The Hall–Kier alpha value is -6.64. The lowest BCUT2D eigenvalue weighted by Gasteiger charge is -2.23. The number of pyridine rings is 2. The van der Waals surface area contributed by atoms with Crippen molar-refractivity contribution in [1.29, 1.82) is 0 Å². The lowest BCUT2D eigenvalue weighted by molar-refractivity contribution is 0.367. The summed E-state index contributed by atoms with van der Waals surface area (Å²) in [6, 6.07) is 10.3. The highest BCUT2D eigenvalue weighted by molar-refractivity contribution is 7.91. The first-order valence-electron chi connectivity index (χ1n) is 20.6. The molecule has 2 fully saturated rings. The highest BCUT2D eigenvalue weighted by atomic mass is 32.2. The zero-order valence-electron chi connectivity index (χ0n) is 37.1. The summed E-state index contributed by atoms with van der Waals surface area (Å²) < 4.78 is 88.2. The average Bonchev–Trinajstić information content (AvgIpc) is 3.97. The molecule has 2 N–H and O–H groups in total. The molecule has 2 atom stereocenters. The number of hydrogen-bond acceptors (Lipinski definition) is 22. The number of aromatic nitrogens is 12. The smallest absolute Gasteiger partial charge is 0.245 e. The summed E-state index contributed by atoms with van der Waals surface area (Å²) in [4.78, 5) is 25.5. The van der Waals surface area contributed by atoms with E-state index in [1.54, 1.807) is 36.4 Å². The van der Waals surface area contributed by atoms with Crippen molar-refractivity contribution in [2.75, 3.05) is 68.8 Å². The van der Waals surface area contributed by atoms with Gasteiger partial charge in [0.15, 0.2) is 54.3 Å². The number of sulfone groups is 2. The minimum absolute atomic E-state index is 0.170. The Bertz CT molecular complexity index is 2600. The zero-order chi connectivity index (χ0) is 46.8. The molecule has 0 radical (unpaired) electrons. The van der Waals surface area contributed by atoms with E-state index in [4.69, 9.17) is 28.4 Å². The largest absolute Gasteiger partial charge is 0.481 e. The molecule has 26 heteroatoms. The second-order valence-electron chi connectivity index (χ2n) is 14.7. The van der Waals surface area contributed by atoms with Gasteiger partial charge in [0.05, 0.1) is 53.2 Å². The Balaban J connectivity index is 0.000000196. The molecule has 6 aromatic rings. The number of piperidine rings is 2. The SMILES string of the molecule is COc1cccc(-c2nnc(CS(=O)(=O)C3CCCNC3)n2-c2c(OC)ncnc2OC)n1.COc1cccc(-c2nnc(CS(=O)(=O)C3CCCNC3)n2-c2c(OC)ncnc2OC)n1. The van der Waals surface area contributed by atoms with E-state index >= 15 is 0 Å². The molecule has 66 heavy (non-hydrogen) atoms. The Morgan fingerprint density at radius 1 is 0.545 bits per heavy atom. The van der Waals surface area contributed by atoms with Gasteiger partial charge in [0, 0.05) is 25.2 Å². The summed E-state index contributed by atoms with van der Waals surface area (Å²) in [7, 11) is 1.72. The molecule has 2 aliphatic heterocycles. The van der Waals surface area contributed by atoms with Crippen molar-refractivity contribution in [3.8, 4) is 69.7 Å². The molecule has 24 nitrogen and oxygen atoms in total. The highest BCUT2D eigenvalue weighted by Crippen LogP contribution is 2.36. The Morgan fingerprint density at radius 2 is 0.924 bits per heavy atom. The predicted molar refractivity (Wildman–Crippen MR) is 237 cm³/mol. The van der Waals surface area contributed by atoms with Crippen LogP contribution >= 0.6 is 0 Å². The molecule has 0 aliphatic carbocycles. The van der Waals surface area contributed by atoms with Gasteiger partial charge in [-0.3, -0.25) is 9.13 Å². The van der Waals surface area contributed by atoms with Crippen LogP contribution in [0.25, 0.3) is 34.4 Å². The number of nitrogens with one attached hydrogen (secondary N) is 2. The standard InChI is InChI=1S/2C20H25N7O5S/c2*1-30-16-8-4-7-14(24-16)18-26-25-15(11-33(28,29)13-6-5-9-21-10-13)27(18)17-19(31-2)22-12-23-20(17)32-3/h2*4,7-8,12-13,21H,5-6,9-11H2,1-3H3. The lowest BCUT2D eigenvalue weighted by atomic mass is 10.2. The van der Waals surface area contributed by atoms with E-state index < -0.39 is 30.2 Å². The van der Waals surface area contributed by atoms with Crippen LogP contribution in [0.5, 0.6) is 35.3 Å². The second kappa shape index (κ2) is 21.1. The van der Waals surface area contributed by atoms with Gasteiger partial charge in [-0.05, 0) is 50.9 Å². The van der Waals surface area contributed by atoms with Crippen LogP contribution in [0, 0.1) is 0 Å². The topological polar surface area (TPSA) is 286 Å². The van der Waals surface area contributed by atoms with Crippen molar-refractivity contribution in [1.82, 2.24) is 70.1 Å². The van der Waals surface area contributed by atoms with E-state index in [0.29, 0.717) is 49.1 Å². The van der Waals surface area contributed by atoms with Crippen molar-refractivity contribution in [3.05, 3.63) is 60.7 Å². The van der Waals surface area contributed by atoms with Gasteiger partial charge >= 0.3 is 0 Å². The van der Waals surface area contributed by atoms with Gasteiger partial charge in [0.2, 0.25) is 35.3 Å². The Morgan fingerprint density at radius 3 is 1.24 bits per heavy atom. The van der Waals surface area contributed by atoms with Crippen LogP contribution in [0.3, 0.4) is 0 Å². The van der Waals surface area contributed by atoms with E-state index in [0.717, 1.165) is 25.9 Å². The first kappa shape index (κ1) is 47.3. The molecule has 6 aromatic heterocycles. The van der Waals surface area contributed by atoms with Crippen LogP contribution in [0.2, 0.25) is 0 Å². The minimum Gasteiger partial charge on any atom is -0.481 e. The minimum atomic E-state index is -3.54. The number of rotatable bonds is 16. The fourth-order valence-electron chi connectivity index (χ4n) is 7.45. The van der Waals surface area contributed by atoms with Gasteiger partial charge in [0.1, 0.15) is 35.5 Å². The third kappa shape index (κ3) is 10.2. The average molecular weight is 951 g/mol. The first-order valence-corrected chi connectivity index (χ1v) is 24.0. The maximum absolute atomic E-state index is 13.2. The molecule has 0 bridgehead atoms. The van der Waals surface area contributed by atoms with E-state index in [-0.39, 0.29) is 69.7 Å². The molecule has 2 unspecified atom stereocenters. The summed E-state index contributed by atoms with van der Waals surface area (Å²) in [5, 5.41) is 22.3. The number of hydrogen-bond donors (Lipinski definition) is 2. The van der Waals surface area contributed by atoms with E-state index in [1.165, 1.54) is 64.4 Å². The van der Waals surface area contributed by atoms with Gasteiger partial charge in [-0.2, -0.15) is 19.9 Å². The summed E-state index contributed by atoms with van der Waals surface area (Å²) >= 11 is 0. The van der Waals surface area contributed by atoms with Crippen LogP contribution in [-0.4, -0.2) is 156 Å². The van der Waals surface area contributed by atoms with Gasteiger partial charge in [0.25, 0.3) is 0 Å². The van der Waals surface area contributed by atoms with Crippen LogP contribution < -0.4 is 39.1 Å². The zero-order valence-corrected chi connectivity index (χ0v) is 38.7. The van der Waals surface area contributed by atoms with Gasteiger partial charge in [-0.15, -0.1) is 20.4 Å². The predicted octanol–water partition coefficient (Wildman–Crippen LogP) is 1.62. The molecule has 8 heterocycles. The molecule has 0 spiro atoms. The van der Waals surface area contributed by atoms with Crippen LogP contribution in [0.4, 0.5) is 0 Å². The summed E-state index contributed by atoms with van der Waals surface area (Å²) in [6.07, 6.45) is 5.36. The van der Waals surface area contributed by atoms with Gasteiger partial charge < -0.3 is 39.1 Å². The molecule has 8 rings (SSSR count). The van der Waals surface area contributed by atoms with E-state index in [9.17, 15) is 16.8 Å². The van der Waals surface area contributed by atoms with Gasteiger partial charge in [-0.25, -0.2) is 26.8 Å². The third-order valence-corrected chi connectivity index (χ3v) is 14.9. The molecule has 0 amide bonds. The number of nitrogens with zero attached hydrogens (tertiary/aromatic N) is 12. The summed E-state index contributed by atoms with van der Waals surface area (Å²) in [6.45, 7) is 2.43. The molecule has 0 aromatic carbocycles. The third-order valence-electron chi connectivity index (χ3n) is 10.7. The Labute approximate surface area is 380 Å². The number of methoxy groups -OCH3 is 6. The van der Waals surface area contributed by atoms with Crippen molar-refractivity contribution in [2.24, 2.45) is 0 Å². The van der Waals surface area contributed by atoms with Crippen molar-refractivity contribution < 1.29 is 45.3 Å². The lowest BCUT2D eigenvalue weighted by Crippen LogP contribution is -2.39. The molecular formula is C40H50N14O10S2. The summed E-state index contributed by atoms with van der Waals surface area (Å²) in [5.41, 5.74) is 1.38. The van der Waals surface area contributed by atoms with E-state index in [1.807, 2.05) is 0 Å². The van der Waals surface area contributed by atoms with Crippen molar-refractivity contribution >= 4 is 19.7 Å². The summed E-state index contributed by atoms with van der Waals surface area (Å²) in [5.74, 6) is 1.63. The van der Waals surface area contributed by atoms with E-state index in [2.05, 4.69) is 60.9 Å². The molecule has 2 saturated heterocycles. The molecule has 352 valence electrons. The fraction of sp³-hybridized carbons (Fsp3) is 0.450. The maximum Gasteiger partial charge on any atom is 0.245 e. The quantitative estimate of drug-likeness (QED) is 0.139. The van der Waals surface area contributed by atoms with Gasteiger partial charge in [-0.1, -0.05) is 12.1 Å². The van der Waals surface area contributed by atoms with Crippen molar-refractivity contribution in [3.63, 3.8) is 0 Å². The molecule has 0 saturated carbocycles. The molecule has 2 aliphatic rings. The highest BCUT2D eigenvalue weighted by Gasteiger charge is 2.34. The fourth-order valence-corrected chi connectivity index (χ4v) is 10.8. The normalized spacial score (nSPS) is 16.4.